The maximum Gasteiger partial charge on any atom is 0.273 e. The number of aliphatic hydroxyl groups is 12. The Balaban J connectivity index is 0.0000000995. The van der Waals surface area contributed by atoms with Crippen molar-refractivity contribution in [2.24, 2.45) is 0 Å². The van der Waals surface area contributed by atoms with E-state index in [9.17, 15) is 105 Å². The van der Waals surface area contributed by atoms with Crippen molar-refractivity contribution in [3.05, 3.63) is 144 Å². The molecule has 10 heterocycles. The maximum absolute atomic E-state index is 13.2. The Bertz CT molecular complexity index is 5960. The minimum Gasteiger partial charge on any atom is -0.486 e. The third-order valence-corrected chi connectivity index (χ3v) is 40.8. The van der Waals surface area contributed by atoms with Crippen LogP contribution in [-0.4, -0.2) is 331 Å². The highest BCUT2D eigenvalue weighted by Gasteiger charge is 2.84. The first-order valence-electron chi connectivity index (χ1n) is 45.7. The molecule has 0 aromatic heterocycles. The number of rotatable bonds is 11. The number of carbonyl (C=O) groups excluding carboxylic acids is 3. The van der Waals surface area contributed by atoms with E-state index in [1.165, 1.54) is 5.56 Å². The summed E-state index contributed by atoms with van der Waals surface area (Å²) in [5, 5.41) is 128. The number of Topliss-reactive ketones (excluding diaryl/α,β-unsaturated/α-hetero) is 3. The monoisotopic (exact) mass is 1880 g/mol. The van der Waals surface area contributed by atoms with Gasteiger partial charge in [-0.2, -0.15) is 25.3 Å². The van der Waals surface area contributed by atoms with Crippen LogP contribution in [0.1, 0.15) is 174 Å². The summed E-state index contributed by atoms with van der Waals surface area (Å²) < 4.78 is 126. The van der Waals surface area contributed by atoms with Crippen LogP contribution in [0.15, 0.2) is 60.7 Å². The van der Waals surface area contributed by atoms with Gasteiger partial charge in [-0.1, -0.05) is 60.7 Å². The zero-order chi connectivity index (χ0) is 93.1. The summed E-state index contributed by atoms with van der Waals surface area (Å²) in [6.45, 7) is 4.44. The fourth-order valence-corrected chi connectivity index (χ4v) is 34.7. The number of benzene rings is 5. The van der Waals surface area contributed by atoms with Gasteiger partial charge in [-0.3, -0.25) is 27.3 Å². The van der Waals surface area contributed by atoms with E-state index >= 15 is 0 Å². The summed E-state index contributed by atoms with van der Waals surface area (Å²) in [7, 11) is -1.60. The molecule has 10 aliphatic heterocycles. The van der Waals surface area contributed by atoms with Crippen LogP contribution in [0.4, 0.5) is 0 Å². The Morgan fingerprint density at radius 3 is 1.06 bits per heavy atom. The van der Waals surface area contributed by atoms with Gasteiger partial charge in [-0.25, -0.2) is 0 Å². The minimum atomic E-state index is -4.78. The molecule has 0 radical (unpaired) electrons. The molecule has 13 N–H and O–H groups in total. The van der Waals surface area contributed by atoms with Gasteiger partial charge in [0.1, 0.15) is 74.0 Å². The van der Waals surface area contributed by atoms with E-state index in [4.69, 9.17) is 32.1 Å². The number of likely N-dealkylation sites (N-methyl/N-ethyl adjacent to an activating group) is 5. The topological polar surface area (TPSA) is 497 Å². The number of carbonyl (C=O) groups is 3. The summed E-state index contributed by atoms with van der Waals surface area (Å²) in [5.41, 5.74) is -1.74. The molecule has 14 unspecified atom stereocenters. The molecular formula is C94H117N5O29S3. The van der Waals surface area contributed by atoms with Gasteiger partial charge in [0, 0.05) is 112 Å². The third-order valence-electron chi connectivity index (χ3n) is 36.5. The van der Waals surface area contributed by atoms with Crippen LogP contribution in [0.5, 0.6) is 28.7 Å². The van der Waals surface area contributed by atoms with Crippen molar-refractivity contribution in [2.45, 2.75) is 293 Å². The highest BCUT2D eigenvalue weighted by atomic mass is 32.2. The van der Waals surface area contributed by atoms with Crippen LogP contribution in [-0.2, 0) is 145 Å². The van der Waals surface area contributed by atoms with Gasteiger partial charge in [0.2, 0.25) is 0 Å². The lowest BCUT2D eigenvalue weighted by atomic mass is 9.46. The standard InChI is InChI=1S/C20H27NO10S2.C19H23NO7S.C19H25NO4.2C18H21NO4/c1-21-6-5-19-15-11-3-4-12(9-22)16(15)31-17(19)18(23,10-32(25,26)27)8-14(33(28,29)30-2)20(19,24)13(21)7-11;1-20-6-5-18-15-10-3-4-11(9-21)16(15)27-17(18)12(22)8-14(28(24,25)26-2)19(18,23)13(20)7-10;1-17(22)5-6-19(23)13-9-11-3-4-12(10-21)15-14(11)18(19,16(17)24-15)7-8-20(13)2;2*1-19-7-6-17-14-10-2-3-11(9-20)15(14)23-16(17)12(21)4-5-18(17,22)13(19)8-10/h3-4,13-14,17,22-24H,5-10H2,1-2H3,(H,25,26,27);3-4,13-14,17,21,23H,5-9H2,1-2H3;3-4,13,16,21-23H,5-10H2,1-2H3;2*2-3,13,16,20,22H,4-9H2,1H3/t13?,14?,17-,18?,19?,20-;13?,14?,17-,18?,19-;13?,16-,17?,18?,19+;2*13?,16-,17?,18+/m00000/s1. The molecule has 710 valence electrons. The fraction of sp³-hybridized carbons (Fsp3) is 0.649. The highest BCUT2D eigenvalue weighted by Crippen LogP contribution is 2.72. The molecule has 20 aliphatic rings. The van der Waals surface area contributed by atoms with Crippen molar-refractivity contribution < 1.29 is 138 Å². The van der Waals surface area contributed by atoms with Crippen LogP contribution < -0.4 is 23.7 Å². The second kappa shape index (κ2) is 29.6. The van der Waals surface area contributed by atoms with Gasteiger partial charge < -0.3 is 109 Å². The summed E-state index contributed by atoms with van der Waals surface area (Å²) in [6, 6.07) is 17.9. The number of nitrogens with zero attached hydrogens (tertiary/aromatic N) is 5. The second-order valence-corrected chi connectivity index (χ2v) is 46.8. The Labute approximate surface area is 759 Å². The van der Waals surface area contributed by atoms with E-state index in [-0.39, 0.29) is 86.9 Å². The number of ether oxygens (including phenoxy) is 5. The Hall–Kier alpha value is -6.84. The van der Waals surface area contributed by atoms with E-state index in [0.29, 0.717) is 110 Å². The number of aliphatic hydroxyl groups excluding tert-OH is 5. The Morgan fingerprint density at radius 1 is 0.366 bits per heavy atom. The largest absolute Gasteiger partial charge is 0.486 e. The summed E-state index contributed by atoms with van der Waals surface area (Å²) in [5.74, 6) is 1.31. The van der Waals surface area contributed by atoms with Crippen LogP contribution in [0.3, 0.4) is 0 Å². The quantitative estimate of drug-likeness (QED) is 0.0601. The fourth-order valence-electron chi connectivity index (χ4n) is 30.8. The molecular weight excluding hydrogens is 1760 g/mol. The van der Waals surface area contributed by atoms with Gasteiger partial charge >= 0.3 is 0 Å². The first kappa shape index (κ1) is 90.6. The molecule has 37 heteroatoms. The first-order valence-corrected chi connectivity index (χ1v) is 50.3. The predicted octanol–water partition coefficient (Wildman–Crippen LogP) is -0.199. The summed E-state index contributed by atoms with van der Waals surface area (Å²) in [6.07, 6.45) is 3.58. The van der Waals surface area contributed by atoms with Crippen LogP contribution in [0.25, 0.3) is 0 Å². The Kier molecular flexibility index (Phi) is 20.5. The number of hydrogen-bond acceptors (Lipinski definition) is 33. The molecule has 10 bridgehead atoms. The number of ketones is 3. The SMILES string of the molecule is CN1CCC23c4c5ccc(CO)c4O[C@H]2C(=O)CC[C@@]3(O)C1C5.CN1CCC23c4c5ccc(CO)c4O[C@H]2C(=O)CC[C@@]3(O)C1C5.CN1CCC23c4c5ccc(CO)c4O[C@H]2C(C)(O)CC[C@@]3(O)C1C5.COS(=O)(=O)C1CC(=O)[C@@H]2Oc3c(CO)ccc4c3C23CCN(C)C(C4)[C@]13O.COS(=O)(=O)C1CC(O)(CS(=O)(=O)O)[C@@H]2Oc3c(CO)ccc4c3C23CCN(C)C(C4)[C@]13O. The summed E-state index contributed by atoms with van der Waals surface area (Å²) >= 11 is 0. The zero-order valence-electron chi connectivity index (χ0n) is 74.5. The van der Waals surface area contributed by atoms with Gasteiger partial charge in [-0.15, -0.1) is 0 Å². The van der Waals surface area contributed by atoms with E-state index < -0.39 is 169 Å². The van der Waals surface area contributed by atoms with E-state index in [2.05, 4.69) is 41.9 Å². The van der Waals surface area contributed by atoms with Gasteiger partial charge in [0.15, 0.2) is 35.7 Å². The molecule has 131 heavy (non-hydrogen) atoms. The molecule has 34 nitrogen and oxygen atoms in total. The van der Waals surface area contributed by atoms with Crippen LogP contribution >= 0.6 is 0 Å². The average Bonchev–Trinajstić information content (AvgIpc) is 1.54. The van der Waals surface area contributed by atoms with E-state index in [1.54, 1.807) is 25.2 Å². The molecule has 5 aromatic rings. The molecule has 0 amide bonds. The van der Waals surface area contributed by atoms with Crippen molar-refractivity contribution in [2.75, 3.05) is 87.9 Å². The molecule has 5 saturated heterocycles. The molecule has 5 spiro atoms. The van der Waals surface area contributed by atoms with Crippen molar-refractivity contribution in [3.63, 3.8) is 0 Å². The van der Waals surface area contributed by atoms with Crippen molar-refractivity contribution in [1.29, 1.82) is 0 Å². The van der Waals surface area contributed by atoms with Gasteiger partial charge in [-0.05, 0) is 193 Å². The molecule has 24 atom stereocenters. The van der Waals surface area contributed by atoms with Crippen LogP contribution in [0, 0.1) is 0 Å². The van der Waals surface area contributed by atoms with Crippen LogP contribution in [0.2, 0.25) is 0 Å². The zero-order valence-corrected chi connectivity index (χ0v) is 77.0. The third kappa shape index (κ3) is 11.2. The second-order valence-electron chi connectivity index (χ2n) is 41.5. The number of hydrogen-bond donors (Lipinski definition) is 13. The van der Waals surface area contributed by atoms with Crippen molar-refractivity contribution >= 4 is 47.7 Å². The van der Waals surface area contributed by atoms with Crippen molar-refractivity contribution in [1.82, 2.24) is 24.5 Å². The van der Waals surface area contributed by atoms with E-state index in [1.807, 2.05) is 60.2 Å². The van der Waals surface area contributed by atoms with Crippen molar-refractivity contribution in [3.8, 4) is 28.7 Å². The maximum atomic E-state index is 13.2. The lowest BCUT2D eigenvalue weighted by Gasteiger charge is -2.66. The average molecular weight is 1880 g/mol. The van der Waals surface area contributed by atoms with E-state index in [0.717, 1.165) is 128 Å². The lowest BCUT2D eigenvalue weighted by Crippen LogP contribution is -2.84. The Morgan fingerprint density at radius 2 is 0.672 bits per heavy atom. The molecule has 5 aromatic carbocycles. The number of likely N-dealkylation sites (tertiary alicyclic amines) is 5. The highest BCUT2D eigenvalue weighted by molar-refractivity contribution is 7.87. The predicted molar refractivity (Wildman–Crippen MR) is 464 cm³/mol. The van der Waals surface area contributed by atoms with Gasteiger partial charge in [0.25, 0.3) is 30.4 Å². The normalized spacial score (nSPS) is 41.0. The molecule has 25 rings (SSSR count). The molecule has 5 saturated carbocycles. The number of piperidine rings is 5. The van der Waals surface area contributed by atoms with Gasteiger partial charge in [0.05, 0.1) is 96.7 Å². The molecule has 10 aliphatic carbocycles. The smallest absolute Gasteiger partial charge is 0.273 e. The lowest BCUT2D eigenvalue weighted by molar-refractivity contribution is -0.228. The molecule has 10 fully saturated rings. The first-order chi connectivity index (χ1) is 61.9. The summed E-state index contributed by atoms with van der Waals surface area (Å²) in [4.78, 5) is 48.9. The minimum absolute atomic E-state index is 0.0221.